The molecule has 146 valence electrons. The van der Waals surface area contributed by atoms with Gasteiger partial charge in [0.05, 0.1) is 19.4 Å². The number of hydrogen-bond acceptors (Lipinski definition) is 5. The van der Waals surface area contributed by atoms with Gasteiger partial charge in [-0.05, 0) is 47.9 Å². The van der Waals surface area contributed by atoms with E-state index in [1.54, 1.807) is 36.3 Å². The van der Waals surface area contributed by atoms with Crippen molar-refractivity contribution in [2.75, 3.05) is 25.7 Å². The Morgan fingerprint density at radius 2 is 2.14 bits per heavy atom. The number of fused-ring (bicyclic) bond motifs is 3. The van der Waals surface area contributed by atoms with Crippen molar-refractivity contribution in [3.05, 3.63) is 47.0 Å². The third-order valence-electron chi connectivity index (χ3n) is 4.90. The predicted molar refractivity (Wildman–Crippen MR) is 114 cm³/mol. The van der Waals surface area contributed by atoms with Crippen LogP contribution in [0.3, 0.4) is 0 Å². The summed E-state index contributed by atoms with van der Waals surface area (Å²) in [5.74, 6) is 1.40. The van der Waals surface area contributed by atoms with Crippen molar-refractivity contribution >= 4 is 29.1 Å². The van der Waals surface area contributed by atoms with Gasteiger partial charge in [0.1, 0.15) is 5.69 Å². The minimum Gasteiger partial charge on any atom is -0.493 e. The number of aryl methyl sites for hydroxylation is 1. The molecule has 0 aliphatic carbocycles. The number of benzene rings is 1. The largest absolute Gasteiger partial charge is 0.493 e. The average molecular weight is 416 g/mol. The van der Waals surface area contributed by atoms with Gasteiger partial charge in [-0.15, -0.1) is 11.3 Å². The maximum atomic E-state index is 11.8. The number of aromatic nitrogens is 1. The van der Waals surface area contributed by atoms with E-state index in [1.807, 2.05) is 40.5 Å². The van der Waals surface area contributed by atoms with Gasteiger partial charge in [0.2, 0.25) is 0 Å². The third-order valence-corrected chi connectivity index (χ3v) is 6.38. The summed E-state index contributed by atoms with van der Waals surface area (Å²) in [6.45, 7) is 1.22. The van der Waals surface area contributed by atoms with Crippen molar-refractivity contribution in [3.8, 4) is 33.2 Å². The zero-order valence-electron chi connectivity index (χ0n) is 15.7. The van der Waals surface area contributed by atoms with Crippen molar-refractivity contribution in [3.63, 3.8) is 0 Å². The fourth-order valence-electron chi connectivity index (χ4n) is 3.64. The molecule has 3 heterocycles. The van der Waals surface area contributed by atoms with Crippen LogP contribution in [0.1, 0.15) is 16.1 Å². The van der Waals surface area contributed by atoms with Crippen LogP contribution in [0.2, 0.25) is 0 Å². The molecule has 0 atom stereocenters. The Kier molecular flexibility index (Phi) is 5.37. The lowest BCUT2D eigenvalue weighted by Crippen LogP contribution is -2.16. The van der Waals surface area contributed by atoms with E-state index in [9.17, 15) is 9.90 Å². The van der Waals surface area contributed by atoms with Gasteiger partial charge in [0.15, 0.2) is 11.5 Å². The highest BCUT2D eigenvalue weighted by Gasteiger charge is 2.28. The number of methoxy groups -OCH3 is 1. The summed E-state index contributed by atoms with van der Waals surface area (Å²) >= 11 is 3.34. The maximum absolute atomic E-state index is 11.8. The van der Waals surface area contributed by atoms with Crippen LogP contribution in [0.4, 0.5) is 0 Å². The Labute approximate surface area is 171 Å². The Bertz CT molecular complexity index is 1010. The summed E-state index contributed by atoms with van der Waals surface area (Å²) in [7, 11) is 1.65. The molecule has 3 aromatic rings. The fourth-order valence-corrected chi connectivity index (χ4v) is 4.63. The second-order valence-electron chi connectivity index (χ2n) is 6.48. The van der Waals surface area contributed by atoms with Crippen LogP contribution in [-0.2, 0) is 13.0 Å². The van der Waals surface area contributed by atoms with E-state index in [0.717, 1.165) is 45.2 Å². The standard InChI is InChI=1S/C21H21NO4S2/c1-25-17-10-13-5-6-22-16(21(23)24)11-15(19-4-3-8-28-19)20(22)14(13)12-18(17)26-7-9-27-2/h3-4,8,10-12H,5-7,9H2,1-2H3,(H,23,24). The molecule has 5 nitrogen and oxygen atoms in total. The first kappa shape index (κ1) is 19.0. The number of carbonyl (C=O) groups is 1. The molecule has 1 aliphatic heterocycles. The van der Waals surface area contributed by atoms with Gasteiger partial charge in [0.25, 0.3) is 0 Å². The van der Waals surface area contributed by atoms with Crippen LogP contribution in [0.5, 0.6) is 11.5 Å². The van der Waals surface area contributed by atoms with E-state index in [4.69, 9.17) is 9.47 Å². The van der Waals surface area contributed by atoms with Gasteiger partial charge >= 0.3 is 5.97 Å². The molecule has 0 spiro atoms. The topological polar surface area (TPSA) is 60.7 Å². The van der Waals surface area contributed by atoms with E-state index >= 15 is 0 Å². The Morgan fingerprint density at radius 1 is 1.29 bits per heavy atom. The number of rotatable bonds is 7. The van der Waals surface area contributed by atoms with Crippen LogP contribution in [0, 0.1) is 0 Å². The van der Waals surface area contributed by atoms with Crippen molar-refractivity contribution in [1.29, 1.82) is 0 Å². The van der Waals surface area contributed by atoms with Crippen LogP contribution < -0.4 is 9.47 Å². The number of carboxylic acids is 1. The minimum atomic E-state index is -0.905. The molecule has 4 rings (SSSR count). The van der Waals surface area contributed by atoms with Crippen LogP contribution >= 0.6 is 23.1 Å². The Hall–Kier alpha value is -2.38. The first-order valence-corrected chi connectivity index (χ1v) is 11.2. The lowest BCUT2D eigenvalue weighted by molar-refractivity contribution is 0.0685. The summed E-state index contributed by atoms with van der Waals surface area (Å²) in [4.78, 5) is 12.9. The number of nitrogens with zero attached hydrogens (tertiary/aromatic N) is 1. The van der Waals surface area contributed by atoms with Gasteiger partial charge in [-0.2, -0.15) is 11.8 Å². The normalized spacial score (nSPS) is 12.4. The molecule has 0 saturated carbocycles. The molecule has 0 fully saturated rings. The highest BCUT2D eigenvalue weighted by molar-refractivity contribution is 7.98. The van der Waals surface area contributed by atoms with Crippen molar-refractivity contribution < 1.29 is 19.4 Å². The predicted octanol–water partition coefficient (Wildman–Crippen LogP) is 4.89. The first-order valence-electron chi connectivity index (χ1n) is 8.97. The van der Waals surface area contributed by atoms with E-state index in [0.29, 0.717) is 24.6 Å². The molecule has 0 bridgehead atoms. The Balaban J connectivity index is 1.89. The van der Waals surface area contributed by atoms with Crippen molar-refractivity contribution in [2.24, 2.45) is 0 Å². The van der Waals surface area contributed by atoms with Gasteiger partial charge in [-0.1, -0.05) is 6.07 Å². The molecular formula is C21H21NO4S2. The second-order valence-corrected chi connectivity index (χ2v) is 8.41. The van der Waals surface area contributed by atoms with Gasteiger partial charge in [0, 0.05) is 28.3 Å². The van der Waals surface area contributed by atoms with Gasteiger partial charge in [-0.3, -0.25) is 0 Å². The van der Waals surface area contributed by atoms with Gasteiger partial charge < -0.3 is 19.1 Å². The Morgan fingerprint density at radius 3 is 2.82 bits per heavy atom. The summed E-state index contributed by atoms with van der Waals surface area (Å²) < 4.78 is 13.4. The maximum Gasteiger partial charge on any atom is 0.352 e. The molecule has 1 aliphatic rings. The monoisotopic (exact) mass is 415 g/mol. The number of hydrogen-bond donors (Lipinski definition) is 1. The molecular weight excluding hydrogens is 394 g/mol. The zero-order chi connectivity index (χ0) is 19.7. The summed E-state index contributed by atoms with van der Waals surface area (Å²) in [6.07, 6.45) is 2.80. The smallest absolute Gasteiger partial charge is 0.352 e. The van der Waals surface area contributed by atoms with Gasteiger partial charge in [-0.25, -0.2) is 4.79 Å². The average Bonchev–Trinajstić information content (AvgIpc) is 3.35. The van der Waals surface area contributed by atoms with E-state index in [2.05, 4.69) is 0 Å². The lowest BCUT2D eigenvalue weighted by Gasteiger charge is -2.24. The number of ether oxygens (including phenoxy) is 2. The molecule has 0 radical (unpaired) electrons. The number of carboxylic acid groups (broad SMARTS) is 1. The van der Waals surface area contributed by atoms with Crippen molar-refractivity contribution in [1.82, 2.24) is 4.57 Å². The molecule has 2 aromatic heterocycles. The summed E-state index contributed by atoms with van der Waals surface area (Å²) in [5, 5.41) is 11.7. The van der Waals surface area contributed by atoms with Crippen molar-refractivity contribution in [2.45, 2.75) is 13.0 Å². The molecule has 0 saturated heterocycles. The van der Waals surface area contributed by atoms with E-state index < -0.39 is 5.97 Å². The van der Waals surface area contributed by atoms with Crippen LogP contribution in [0.15, 0.2) is 35.7 Å². The fraction of sp³-hybridized carbons (Fsp3) is 0.286. The summed E-state index contributed by atoms with van der Waals surface area (Å²) in [5.41, 5.74) is 4.38. The molecule has 1 N–H and O–H groups in total. The lowest BCUT2D eigenvalue weighted by atomic mass is 9.95. The second kappa shape index (κ2) is 7.93. The van der Waals surface area contributed by atoms with E-state index in [-0.39, 0.29) is 0 Å². The van der Waals surface area contributed by atoms with E-state index in [1.165, 1.54) is 0 Å². The third kappa shape index (κ3) is 3.29. The van der Waals surface area contributed by atoms with Crippen LogP contribution in [0.25, 0.3) is 21.7 Å². The molecule has 28 heavy (non-hydrogen) atoms. The SMILES string of the molecule is COc1cc2c(cc1OCCSC)-c1c(-c3cccs3)cc(C(=O)O)n1CC2. The molecule has 0 amide bonds. The summed E-state index contributed by atoms with van der Waals surface area (Å²) in [6, 6.07) is 9.83. The molecule has 0 unspecified atom stereocenters. The number of thiophene rings is 1. The number of aromatic carboxylic acids is 1. The molecule has 7 heteroatoms. The minimum absolute atomic E-state index is 0.324. The number of thioether (sulfide) groups is 1. The highest BCUT2D eigenvalue weighted by Crippen LogP contribution is 2.45. The molecule has 1 aromatic carbocycles. The zero-order valence-corrected chi connectivity index (χ0v) is 17.4. The quantitative estimate of drug-likeness (QED) is 0.557. The first-order chi connectivity index (χ1) is 13.6. The van der Waals surface area contributed by atoms with Crippen LogP contribution in [-0.4, -0.2) is 41.4 Å². The highest BCUT2D eigenvalue weighted by atomic mass is 32.2.